The van der Waals surface area contributed by atoms with Crippen LogP contribution < -0.4 is 5.32 Å². The first-order valence-electron chi connectivity index (χ1n) is 10.5. The molecule has 1 aromatic carbocycles. The molecule has 1 saturated carbocycles. The predicted octanol–water partition coefficient (Wildman–Crippen LogP) is 4.31. The summed E-state index contributed by atoms with van der Waals surface area (Å²) in [6.45, 7) is 2.21. The van der Waals surface area contributed by atoms with Gasteiger partial charge < -0.3 is 14.6 Å². The van der Waals surface area contributed by atoms with Crippen molar-refractivity contribution in [3.05, 3.63) is 41.3 Å². The Bertz CT molecular complexity index is 1160. The van der Waals surface area contributed by atoms with Crippen LogP contribution >= 0.6 is 23.4 Å². The zero-order valence-corrected chi connectivity index (χ0v) is 19.7. The number of anilines is 1. The Kier molecular flexibility index (Phi) is 5.37. The molecule has 32 heavy (non-hydrogen) atoms. The van der Waals surface area contributed by atoms with E-state index in [1.54, 1.807) is 48.0 Å². The van der Waals surface area contributed by atoms with Gasteiger partial charge in [0.15, 0.2) is 5.82 Å². The number of nitrogens with one attached hydrogen (secondary N) is 1. The van der Waals surface area contributed by atoms with E-state index < -0.39 is 5.54 Å². The molecule has 3 aromatic rings. The van der Waals surface area contributed by atoms with Crippen molar-refractivity contribution in [2.45, 2.75) is 43.5 Å². The number of fused-ring (bicyclic) bond motifs is 2. The number of benzene rings is 1. The zero-order chi connectivity index (χ0) is 22.5. The molecule has 168 valence electrons. The quantitative estimate of drug-likeness (QED) is 0.588. The number of carbonyl (C=O) groups excluding carboxylic acids is 1. The van der Waals surface area contributed by atoms with Gasteiger partial charge in [0.25, 0.3) is 0 Å². The Morgan fingerprint density at radius 3 is 2.97 bits per heavy atom. The molecule has 1 N–H and O–H groups in total. The smallest absolute Gasteiger partial charge is 0.323 e. The van der Waals surface area contributed by atoms with Gasteiger partial charge in [-0.05, 0) is 43.2 Å². The highest BCUT2D eigenvalue weighted by Gasteiger charge is 2.62. The van der Waals surface area contributed by atoms with Crippen molar-refractivity contribution in [1.82, 2.24) is 29.9 Å². The molecule has 0 unspecified atom stereocenters. The number of hydrogen-bond donors (Lipinski definition) is 1. The largest absolute Gasteiger partial charge is 0.422 e. The maximum Gasteiger partial charge on any atom is 0.323 e. The predicted molar refractivity (Wildman–Crippen MR) is 122 cm³/mol. The van der Waals surface area contributed by atoms with Crippen LogP contribution in [0.4, 0.5) is 10.5 Å². The van der Waals surface area contributed by atoms with E-state index in [1.165, 1.54) is 0 Å². The first kappa shape index (κ1) is 21.3. The third-order valence-electron chi connectivity index (χ3n) is 6.17. The minimum Gasteiger partial charge on any atom is -0.422 e. The van der Waals surface area contributed by atoms with Crippen LogP contribution in [0.2, 0.25) is 5.02 Å². The fourth-order valence-corrected chi connectivity index (χ4v) is 5.56. The molecule has 1 aliphatic heterocycles. The summed E-state index contributed by atoms with van der Waals surface area (Å²) in [5.74, 6) is 2.77. The van der Waals surface area contributed by atoms with E-state index >= 15 is 0 Å². The van der Waals surface area contributed by atoms with Crippen molar-refractivity contribution in [1.29, 1.82) is 0 Å². The van der Waals surface area contributed by atoms with E-state index in [4.69, 9.17) is 16.0 Å². The van der Waals surface area contributed by atoms with E-state index in [9.17, 15) is 4.79 Å². The summed E-state index contributed by atoms with van der Waals surface area (Å²) in [4.78, 5) is 19.6. The molecule has 2 amide bonds. The van der Waals surface area contributed by atoms with Crippen molar-refractivity contribution in [2.75, 3.05) is 11.6 Å². The van der Waals surface area contributed by atoms with Crippen LogP contribution in [0.3, 0.4) is 0 Å². The van der Waals surface area contributed by atoms with Crippen LogP contribution in [-0.2, 0) is 18.3 Å². The lowest BCUT2D eigenvalue weighted by Crippen LogP contribution is -2.70. The number of urea groups is 1. The minimum atomic E-state index is -0.548. The van der Waals surface area contributed by atoms with Crippen LogP contribution in [0.25, 0.3) is 11.4 Å². The summed E-state index contributed by atoms with van der Waals surface area (Å²) in [6, 6.07) is 5.29. The SMILES string of the molecule is CSCc1nnc([C@]23C[C@H](C)C[C@H](C2)N3C(=O)Nc2ccc(Cl)c(-c3ncn(C)n3)c2)o1. The van der Waals surface area contributed by atoms with Gasteiger partial charge in [-0.15, -0.1) is 10.2 Å². The molecule has 0 radical (unpaired) electrons. The molecule has 0 spiro atoms. The number of halogens is 1. The van der Waals surface area contributed by atoms with Gasteiger partial charge in [0.05, 0.1) is 10.8 Å². The molecule has 2 aliphatic rings. The molecule has 11 heteroatoms. The number of aryl methyl sites for hydroxylation is 1. The molecule has 1 aliphatic carbocycles. The molecule has 2 bridgehead atoms. The summed E-state index contributed by atoms with van der Waals surface area (Å²) in [6.07, 6.45) is 6.21. The average Bonchev–Trinajstić information content (AvgIpc) is 3.38. The summed E-state index contributed by atoms with van der Waals surface area (Å²) >= 11 is 7.99. The molecular formula is C21H24ClN7O2S. The number of rotatable bonds is 5. The van der Waals surface area contributed by atoms with Gasteiger partial charge >= 0.3 is 6.03 Å². The van der Waals surface area contributed by atoms with Crippen LogP contribution in [-0.4, -0.2) is 48.2 Å². The van der Waals surface area contributed by atoms with Gasteiger partial charge in [-0.2, -0.15) is 16.9 Å². The van der Waals surface area contributed by atoms with E-state index in [0.717, 1.165) is 19.3 Å². The Labute approximate surface area is 194 Å². The van der Waals surface area contributed by atoms with E-state index in [2.05, 4.69) is 32.5 Å². The average molecular weight is 474 g/mol. The minimum absolute atomic E-state index is 0.152. The van der Waals surface area contributed by atoms with Gasteiger partial charge in [0.1, 0.15) is 11.9 Å². The Hall–Kier alpha value is -2.59. The highest BCUT2D eigenvalue weighted by Crippen LogP contribution is 2.55. The second kappa shape index (κ2) is 8.08. The molecular weight excluding hydrogens is 450 g/mol. The number of hydrogen-bond acceptors (Lipinski definition) is 7. The van der Waals surface area contributed by atoms with Crippen LogP contribution in [0, 0.1) is 5.92 Å². The normalized spacial score (nSPS) is 24.3. The molecule has 9 nitrogen and oxygen atoms in total. The van der Waals surface area contributed by atoms with Crippen LogP contribution in [0.1, 0.15) is 38.0 Å². The zero-order valence-electron chi connectivity index (χ0n) is 18.1. The van der Waals surface area contributed by atoms with Crippen LogP contribution in [0.15, 0.2) is 28.9 Å². The topological polar surface area (TPSA) is 102 Å². The van der Waals surface area contributed by atoms with Crippen molar-refractivity contribution >= 4 is 35.1 Å². The van der Waals surface area contributed by atoms with Gasteiger partial charge in [-0.1, -0.05) is 18.5 Å². The molecule has 2 fully saturated rings. The number of thioether (sulfide) groups is 1. The van der Waals surface area contributed by atoms with Gasteiger partial charge in [0.2, 0.25) is 11.8 Å². The first-order valence-corrected chi connectivity index (χ1v) is 12.2. The Morgan fingerprint density at radius 2 is 2.22 bits per heavy atom. The molecule has 3 atom stereocenters. The number of piperidine rings is 1. The highest BCUT2D eigenvalue weighted by atomic mass is 35.5. The van der Waals surface area contributed by atoms with Crippen molar-refractivity contribution in [2.24, 2.45) is 13.0 Å². The standard InChI is InChI=1S/C21H24ClN7O2S/c1-12-6-14-9-21(8-12,19-26-25-17(31-19)10-32-3)29(14)20(30)24-13-4-5-16(22)15(7-13)18-23-11-28(2)27-18/h4-5,7,11-12,14H,6,8-10H2,1-3H3,(H,24,30)/t12-,14-,21+/m1/s1. The summed E-state index contributed by atoms with van der Waals surface area (Å²) < 4.78 is 7.59. The number of likely N-dealkylation sites (tertiary alicyclic amines) is 1. The van der Waals surface area contributed by atoms with E-state index in [-0.39, 0.29) is 12.1 Å². The third kappa shape index (κ3) is 3.55. The number of amides is 2. The fraction of sp³-hybridized carbons (Fsp3) is 0.476. The van der Waals surface area contributed by atoms with Gasteiger partial charge in [-0.3, -0.25) is 4.68 Å². The molecule has 3 heterocycles. The second-order valence-electron chi connectivity index (χ2n) is 8.61. The summed E-state index contributed by atoms with van der Waals surface area (Å²) in [5, 5.41) is 16.4. The second-order valence-corrected chi connectivity index (χ2v) is 9.88. The van der Waals surface area contributed by atoms with Gasteiger partial charge in [-0.25, -0.2) is 9.78 Å². The highest BCUT2D eigenvalue weighted by molar-refractivity contribution is 7.97. The Morgan fingerprint density at radius 1 is 1.38 bits per heavy atom. The molecule has 5 rings (SSSR count). The van der Waals surface area contributed by atoms with Crippen molar-refractivity contribution in [3.63, 3.8) is 0 Å². The monoisotopic (exact) mass is 473 g/mol. The van der Waals surface area contributed by atoms with Gasteiger partial charge in [0, 0.05) is 30.8 Å². The first-order chi connectivity index (χ1) is 15.4. The number of carbonyl (C=O) groups is 1. The summed E-state index contributed by atoms with van der Waals surface area (Å²) in [7, 11) is 1.79. The maximum absolute atomic E-state index is 13.4. The third-order valence-corrected chi connectivity index (χ3v) is 7.04. The molecule has 2 aromatic heterocycles. The van der Waals surface area contributed by atoms with Crippen molar-refractivity contribution in [3.8, 4) is 11.4 Å². The number of nitrogens with zero attached hydrogens (tertiary/aromatic N) is 6. The summed E-state index contributed by atoms with van der Waals surface area (Å²) in [5.41, 5.74) is 0.743. The molecule has 1 saturated heterocycles. The van der Waals surface area contributed by atoms with E-state index in [1.807, 2.05) is 11.2 Å². The number of aromatic nitrogens is 5. The lowest BCUT2D eigenvalue weighted by molar-refractivity contribution is -0.110. The fourth-order valence-electron chi connectivity index (χ4n) is 4.99. The lowest BCUT2D eigenvalue weighted by Gasteiger charge is -2.61. The van der Waals surface area contributed by atoms with E-state index in [0.29, 0.717) is 45.6 Å². The maximum atomic E-state index is 13.4. The van der Waals surface area contributed by atoms with Crippen molar-refractivity contribution < 1.29 is 9.21 Å². The Balaban J connectivity index is 1.41. The van der Waals surface area contributed by atoms with Crippen LogP contribution in [0.5, 0.6) is 0 Å². The lowest BCUT2D eigenvalue weighted by atomic mass is 9.64.